The van der Waals surface area contributed by atoms with E-state index in [2.05, 4.69) is 18.3 Å². The van der Waals surface area contributed by atoms with Gasteiger partial charge in [0.1, 0.15) is 11.6 Å². The molecule has 0 bridgehead atoms. The first-order chi connectivity index (χ1) is 10.1. The summed E-state index contributed by atoms with van der Waals surface area (Å²) in [4.78, 5) is 0. The Kier molecular flexibility index (Phi) is 5.43. The van der Waals surface area contributed by atoms with Crippen molar-refractivity contribution in [1.82, 2.24) is 5.32 Å². The van der Waals surface area contributed by atoms with E-state index in [-0.39, 0.29) is 18.2 Å². The smallest absolute Gasteiger partial charge is 0.123 e. The molecule has 3 rings (SSSR count). The van der Waals surface area contributed by atoms with Crippen LogP contribution in [0.15, 0.2) is 36.4 Å². The largest absolute Gasteiger partial charge is 0.508 e. The fourth-order valence-electron chi connectivity index (χ4n) is 3.03. The molecule has 0 unspecified atom stereocenters. The summed E-state index contributed by atoms with van der Waals surface area (Å²) in [5.41, 5.74) is 4.26. The van der Waals surface area contributed by atoms with E-state index < -0.39 is 0 Å². The number of hydrogen-bond acceptors (Lipinski definition) is 2. The number of fused-ring (bicyclic) bond motifs is 1. The van der Waals surface area contributed by atoms with Crippen LogP contribution in [0, 0.1) is 5.82 Å². The summed E-state index contributed by atoms with van der Waals surface area (Å²) in [5, 5.41) is 13.7. The molecular formula is C18H21ClFNO. The molecule has 4 heteroatoms. The monoisotopic (exact) mass is 321 g/mol. The van der Waals surface area contributed by atoms with E-state index in [1.54, 1.807) is 6.07 Å². The van der Waals surface area contributed by atoms with Gasteiger partial charge in [-0.05, 0) is 59.3 Å². The van der Waals surface area contributed by atoms with E-state index in [9.17, 15) is 9.50 Å². The van der Waals surface area contributed by atoms with Gasteiger partial charge in [0.2, 0.25) is 0 Å². The molecule has 0 fully saturated rings. The molecule has 0 spiro atoms. The second-order valence-electron chi connectivity index (χ2n) is 5.84. The number of hydrogen-bond donors (Lipinski definition) is 2. The summed E-state index contributed by atoms with van der Waals surface area (Å²) in [6.07, 6.45) is 1.49. The van der Waals surface area contributed by atoms with Crippen molar-refractivity contribution in [1.29, 1.82) is 0 Å². The second kappa shape index (κ2) is 7.12. The van der Waals surface area contributed by atoms with Gasteiger partial charge in [-0.1, -0.05) is 25.1 Å². The Balaban J connectivity index is 0.00000176. The maximum atomic E-state index is 13.3. The molecule has 0 saturated heterocycles. The zero-order valence-electron chi connectivity index (χ0n) is 12.6. The van der Waals surface area contributed by atoms with Gasteiger partial charge in [0, 0.05) is 13.0 Å². The Bertz CT molecular complexity index is 660. The molecule has 118 valence electrons. The predicted molar refractivity (Wildman–Crippen MR) is 89.5 cm³/mol. The highest BCUT2D eigenvalue weighted by molar-refractivity contribution is 5.85. The van der Waals surface area contributed by atoms with Gasteiger partial charge in [-0.3, -0.25) is 0 Å². The Labute approximate surface area is 136 Å². The molecule has 2 N–H and O–H groups in total. The number of halogens is 2. The lowest BCUT2D eigenvalue weighted by Gasteiger charge is -2.15. The van der Waals surface area contributed by atoms with Crippen LogP contribution in [-0.4, -0.2) is 18.2 Å². The standard InChI is InChI=1S/C18H20FNO.ClH/c1-12-11-20-6-5-14-10-18(21)15(9-17(12)14)7-13-3-2-4-16(19)8-13;/h2-4,8-10,12,20-21H,5-7,11H2,1H3;1H/t12-;/m1./s1. The van der Waals surface area contributed by atoms with Crippen molar-refractivity contribution >= 4 is 12.4 Å². The molecule has 1 aliphatic heterocycles. The zero-order chi connectivity index (χ0) is 14.8. The lowest BCUT2D eigenvalue weighted by atomic mass is 9.91. The number of aromatic hydroxyl groups is 1. The lowest BCUT2D eigenvalue weighted by Crippen LogP contribution is -2.18. The summed E-state index contributed by atoms with van der Waals surface area (Å²) in [6.45, 7) is 4.09. The average molecular weight is 322 g/mol. The fraction of sp³-hybridized carbons (Fsp3) is 0.333. The van der Waals surface area contributed by atoms with Crippen LogP contribution in [0.1, 0.15) is 35.1 Å². The second-order valence-corrected chi connectivity index (χ2v) is 5.84. The van der Waals surface area contributed by atoms with Crippen LogP contribution < -0.4 is 5.32 Å². The Hall–Kier alpha value is -1.58. The maximum Gasteiger partial charge on any atom is 0.123 e. The van der Waals surface area contributed by atoms with Gasteiger partial charge in [-0.15, -0.1) is 12.4 Å². The third-order valence-corrected chi connectivity index (χ3v) is 4.18. The number of rotatable bonds is 2. The van der Waals surface area contributed by atoms with Crippen molar-refractivity contribution in [2.75, 3.05) is 13.1 Å². The third-order valence-electron chi connectivity index (χ3n) is 4.18. The van der Waals surface area contributed by atoms with Crippen molar-refractivity contribution < 1.29 is 9.50 Å². The van der Waals surface area contributed by atoms with Gasteiger partial charge in [-0.2, -0.15) is 0 Å². The van der Waals surface area contributed by atoms with Crippen LogP contribution in [-0.2, 0) is 12.8 Å². The molecule has 2 nitrogen and oxygen atoms in total. The maximum absolute atomic E-state index is 13.3. The molecule has 0 aromatic heterocycles. The van der Waals surface area contributed by atoms with Gasteiger partial charge >= 0.3 is 0 Å². The lowest BCUT2D eigenvalue weighted by molar-refractivity contribution is 0.468. The zero-order valence-corrected chi connectivity index (χ0v) is 13.4. The molecule has 22 heavy (non-hydrogen) atoms. The highest BCUT2D eigenvalue weighted by Crippen LogP contribution is 2.30. The highest BCUT2D eigenvalue weighted by atomic mass is 35.5. The quantitative estimate of drug-likeness (QED) is 0.882. The summed E-state index contributed by atoms with van der Waals surface area (Å²) < 4.78 is 13.3. The molecule has 1 atom stereocenters. The number of nitrogens with one attached hydrogen (secondary N) is 1. The van der Waals surface area contributed by atoms with E-state index in [1.807, 2.05) is 12.1 Å². The minimum absolute atomic E-state index is 0. The van der Waals surface area contributed by atoms with E-state index in [1.165, 1.54) is 23.3 Å². The van der Waals surface area contributed by atoms with Gasteiger partial charge in [-0.25, -0.2) is 4.39 Å². The summed E-state index contributed by atoms with van der Waals surface area (Å²) in [7, 11) is 0. The first kappa shape index (κ1) is 16.8. The molecule has 1 aliphatic rings. The molecule has 1 heterocycles. The fourth-order valence-corrected chi connectivity index (χ4v) is 3.03. The molecular weight excluding hydrogens is 301 g/mol. The third kappa shape index (κ3) is 3.60. The van der Waals surface area contributed by atoms with Crippen LogP contribution in [0.2, 0.25) is 0 Å². The van der Waals surface area contributed by atoms with Gasteiger partial charge in [0.15, 0.2) is 0 Å². The van der Waals surface area contributed by atoms with Gasteiger partial charge in [0.05, 0.1) is 0 Å². The average Bonchev–Trinajstić information content (AvgIpc) is 2.62. The summed E-state index contributed by atoms with van der Waals surface area (Å²) in [6, 6.07) is 10.5. The van der Waals surface area contributed by atoms with Gasteiger partial charge < -0.3 is 10.4 Å². The summed E-state index contributed by atoms with van der Waals surface area (Å²) >= 11 is 0. The van der Waals surface area contributed by atoms with Crippen molar-refractivity contribution in [3.05, 3.63) is 64.5 Å². The minimum Gasteiger partial charge on any atom is -0.508 e. The topological polar surface area (TPSA) is 32.3 Å². The molecule has 0 amide bonds. The Morgan fingerprint density at radius 1 is 1.27 bits per heavy atom. The molecule has 2 aromatic carbocycles. The Morgan fingerprint density at radius 3 is 2.86 bits per heavy atom. The van der Waals surface area contributed by atoms with Crippen LogP contribution in [0.5, 0.6) is 5.75 Å². The minimum atomic E-state index is -0.237. The van der Waals surface area contributed by atoms with Crippen molar-refractivity contribution in [3.63, 3.8) is 0 Å². The normalized spacial score (nSPS) is 17.3. The Morgan fingerprint density at radius 2 is 2.09 bits per heavy atom. The number of phenols is 1. The number of phenolic OH excluding ortho intramolecular Hbond substituents is 1. The number of benzene rings is 2. The van der Waals surface area contributed by atoms with Crippen molar-refractivity contribution in [2.24, 2.45) is 0 Å². The van der Waals surface area contributed by atoms with E-state index in [0.29, 0.717) is 18.1 Å². The molecule has 0 saturated carbocycles. The van der Waals surface area contributed by atoms with E-state index >= 15 is 0 Å². The van der Waals surface area contributed by atoms with E-state index in [0.717, 1.165) is 30.6 Å². The predicted octanol–water partition coefficient (Wildman–Crippen LogP) is 3.79. The van der Waals surface area contributed by atoms with Crippen LogP contribution in [0.3, 0.4) is 0 Å². The van der Waals surface area contributed by atoms with Crippen LogP contribution in [0.25, 0.3) is 0 Å². The SMILES string of the molecule is C[C@@H]1CNCCc2cc(O)c(Cc3cccc(F)c3)cc21.Cl. The first-order valence-corrected chi connectivity index (χ1v) is 7.43. The summed E-state index contributed by atoms with van der Waals surface area (Å²) in [5.74, 6) is 0.501. The van der Waals surface area contributed by atoms with Crippen molar-refractivity contribution in [2.45, 2.75) is 25.7 Å². The highest BCUT2D eigenvalue weighted by Gasteiger charge is 2.17. The van der Waals surface area contributed by atoms with E-state index in [4.69, 9.17) is 0 Å². The van der Waals surface area contributed by atoms with Gasteiger partial charge in [0.25, 0.3) is 0 Å². The van der Waals surface area contributed by atoms with Crippen LogP contribution >= 0.6 is 12.4 Å². The van der Waals surface area contributed by atoms with Crippen LogP contribution in [0.4, 0.5) is 4.39 Å². The van der Waals surface area contributed by atoms with Crippen molar-refractivity contribution in [3.8, 4) is 5.75 Å². The molecule has 0 radical (unpaired) electrons. The molecule has 2 aromatic rings. The first-order valence-electron chi connectivity index (χ1n) is 7.43. The molecule has 0 aliphatic carbocycles.